The standard InChI is InChI=1S/C8H14O/c1-3-8-6-7(2)4-5-9-8/h4,8H,3,5-6H2,1-2H3/t8-/m1/s1. The number of ether oxygens (including phenoxy) is 1. The van der Waals surface area contributed by atoms with Crippen molar-refractivity contribution < 1.29 is 4.74 Å². The van der Waals surface area contributed by atoms with Crippen molar-refractivity contribution in [2.75, 3.05) is 6.61 Å². The van der Waals surface area contributed by atoms with Gasteiger partial charge >= 0.3 is 0 Å². The van der Waals surface area contributed by atoms with Crippen LogP contribution in [0.1, 0.15) is 26.7 Å². The molecule has 1 atom stereocenters. The molecule has 1 heterocycles. The Bertz CT molecular complexity index is 116. The lowest BCUT2D eigenvalue weighted by molar-refractivity contribution is 0.0619. The summed E-state index contributed by atoms with van der Waals surface area (Å²) >= 11 is 0. The van der Waals surface area contributed by atoms with Crippen molar-refractivity contribution in [2.45, 2.75) is 32.8 Å². The normalized spacial score (nSPS) is 27.8. The van der Waals surface area contributed by atoms with E-state index in [-0.39, 0.29) is 0 Å². The van der Waals surface area contributed by atoms with E-state index in [2.05, 4.69) is 19.9 Å². The van der Waals surface area contributed by atoms with Crippen LogP contribution < -0.4 is 0 Å². The molecule has 0 aliphatic carbocycles. The fourth-order valence-corrected chi connectivity index (χ4v) is 1.09. The molecule has 0 bridgehead atoms. The molecule has 0 fully saturated rings. The maximum Gasteiger partial charge on any atom is 0.0653 e. The first-order valence-corrected chi connectivity index (χ1v) is 3.60. The van der Waals surface area contributed by atoms with Gasteiger partial charge in [-0.15, -0.1) is 0 Å². The van der Waals surface area contributed by atoms with Crippen LogP contribution in [-0.4, -0.2) is 12.7 Å². The Morgan fingerprint density at radius 1 is 1.78 bits per heavy atom. The largest absolute Gasteiger partial charge is 0.374 e. The maximum atomic E-state index is 5.42. The van der Waals surface area contributed by atoms with Crippen LogP contribution in [0.4, 0.5) is 0 Å². The van der Waals surface area contributed by atoms with Crippen molar-refractivity contribution in [2.24, 2.45) is 0 Å². The Kier molecular flexibility index (Phi) is 2.29. The molecule has 0 aromatic rings. The number of hydrogen-bond donors (Lipinski definition) is 0. The summed E-state index contributed by atoms with van der Waals surface area (Å²) in [5.41, 5.74) is 1.48. The molecule has 0 amide bonds. The average Bonchev–Trinajstić information content (AvgIpc) is 1.88. The SMILES string of the molecule is CC[C@@H]1CC(C)=CCO1. The summed E-state index contributed by atoms with van der Waals surface area (Å²) in [4.78, 5) is 0. The first-order valence-electron chi connectivity index (χ1n) is 3.60. The molecule has 0 spiro atoms. The van der Waals surface area contributed by atoms with Crippen LogP contribution in [0.25, 0.3) is 0 Å². The van der Waals surface area contributed by atoms with Gasteiger partial charge in [0.05, 0.1) is 12.7 Å². The molecule has 0 aromatic heterocycles. The van der Waals surface area contributed by atoms with Gasteiger partial charge in [-0.1, -0.05) is 18.6 Å². The predicted molar refractivity (Wildman–Crippen MR) is 38.4 cm³/mol. The van der Waals surface area contributed by atoms with Gasteiger partial charge in [-0.2, -0.15) is 0 Å². The minimum atomic E-state index is 0.495. The Hall–Kier alpha value is -0.300. The van der Waals surface area contributed by atoms with Crippen molar-refractivity contribution in [1.82, 2.24) is 0 Å². The second-order valence-corrected chi connectivity index (χ2v) is 2.62. The van der Waals surface area contributed by atoms with E-state index < -0.39 is 0 Å². The monoisotopic (exact) mass is 126 g/mol. The molecule has 0 saturated heterocycles. The van der Waals surface area contributed by atoms with Gasteiger partial charge < -0.3 is 4.74 Å². The van der Waals surface area contributed by atoms with Crippen molar-refractivity contribution in [3.05, 3.63) is 11.6 Å². The summed E-state index contributed by atoms with van der Waals surface area (Å²) in [6.07, 6.45) is 4.93. The molecule has 0 saturated carbocycles. The van der Waals surface area contributed by atoms with Crippen LogP contribution in [0.15, 0.2) is 11.6 Å². The summed E-state index contributed by atoms with van der Waals surface area (Å²) in [6.45, 7) is 5.17. The molecule has 9 heavy (non-hydrogen) atoms. The van der Waals surface area contributed by atoms with Gasteiger partial charge in [0.2, 0.25) is 0 Å². The van der Waals surface area contributed by atoms with Gasteiger partial charge in [-0.05, 0) is 19.8 Å². The van der Waals surface area contributed by atoms with E-state index in [1.54, 1.807) is 0 Å². The Labute approximate surface area is 56.7 Å². The lowest BCUT2D eigenvalue weighted by Crippen LogP contribution is -2.16. The highest BCUT2D eigenvalue weighted by molar-refractivity contribution is 5.02. The Morgan fingerprint density at radius 3 is 3.00 bits per heavy atom. The minimum absolute atomic E-state index is 0.495. The zero-order valence-corrected chi connectivity index (χ0v) is 6.18. The maximum absolute atomic E-state index is 5.42. The third kappa shape index (κ3) is 1.83. The van der Waals surface area contributed by atoms with Gasteiger partial charge in [-0.25, -0.2) is 0 Å². The number of hydrogen-bond acceptors (Lipinski definition) is 1. The molecule has 0 N–H and O–H groups in total. The van der Waals surface area contributed by atoms with Gasteiger partial charge in [0, 0.05) is 0 Å². The molecule has 1 aliphatic rings. The summed E-state index contributed by atoms with van der Waals surface area (Å²) in [5.74, 6) is 0. The molecule has 0 radical (unpaired) electrons. The smallest absolute Gasteiger partial charge is 0.0653 e. The zero-order chi connectivity index (χ0) is 6.69. The van der Waals surface area contributed by atoms with Crippen LogP contribution in [0.2, 0.25) is 0 Å². The van der Waals surface area contributed by atoms with E-state index >= 15 is 0 Å². The second kappa shape index (κ2) is 3.02. The molecule has 1 aliphatic heterocycles. The van der Waals surface area contributed by atoms with E-state index in [1.165, 1.54) is 5.57 Å². The number of rotatable bonds is 1. The lowest BCUT2D eigenvalue weighted by Gasteiger charge is -2.19. The second-order valence-electron chi connectivity index (χ2n) is 2.62. The van der Waals surface area contributed by atoms with Crippen molar-refractivity contribution in [3.8, 4) is 0 Å². The molecule has 52 valence electrons. The van der Waals surface area contributed by atoms with Gasteiger partial charge in [-0.3, -0.25) is 0 Å². The molecule has 1 nitrogen and oxygen atoms in total. The Morgan fingerprint density at radius 2 is 2.56 bits per heavy atom. The topological polar surface area (TPSA) is 9.23 Å². The first-order chi connectivity index (χ1) is 4.33. The molecular formula is C8H14O. The molecule has 1 rings (SSSR count). The average molecular weight is 126 g/mol. The highest BCUT2D eigenvalue weighted by Gasteiger charge is 2.09. The summed E-state index contributed by atoms with van der Waals surface area (Å²) < 4.78 is 5.42. The predicted octanol–water partition coefficient (Wildman–Crippen LogP) is 2.13. The minimum Gasteiger partial charge on any atom is -0.374 e. The zero-order valence-electron chi connectivity index (χ0n) is 6.18. The van der Waals surface area contributed by atoms with Crippen molar-refractivity contribution in [1.29, 1.82) is 0 Å². The van der Waals surface area contributed by atoms with Crippen LogP contribution in [-0.2, 0) is 4.74 Å². The van der Waals surface area contributed by atoms with Crippen molar-refractivity contribution >= 4 is 0 Å². The van der Waals surface area contributed by atoms with Gasteiger partial charge in [0.15, 0.2) is 0 Å². The van der Waals surface area contributed by atoms with Crippen LogP contribution in [0.3, 0.4) is 0 Å². The third-order valence-corrected chi connectivity index (χ3v) is 1.77. The molecular weight excluding hydrogens is 112 g/mol. The van der Waals surface area contributed by atoms with E-state index in [9.17, 15) is 0 Å². The first kappa shape index (κ1) is 6.81. The van der Waals surface area contributed by atoms with Gasteiger partial charge in [0.25, 0.3) is 0 Å². The summed E-state index contributed by atoms with van der Waals surface area (Å²) in [7, 11) is 0. The van der Waals surface area contributed by atoms with Crippen LogP contribution in [0, 0.1) is 0 Å². The fraction of sp³-hybridized carbons (Fsp3) is 0.750. The van der Waals surface area contributed by atoms with E-state index in [4.69, 9.17) is 4.74 Å². The van der Waals surface area contributed by atoms with E-state index in [0.717, 1.165) is 19.4 Å². The highest BCUT2D eigenvalue weighted by Crippen LogP contribution is 2.15. The highest BCUT2D eigenvalue weighted by atomic mass is 16.5. The van der Waals surface area contributed by atoms with Crippen LogP contribution >= 0.6 is 0 Å². The lowest BCUT2D eigenvalue weighted by atomic mass is 10.1. The van der Waals surface area contributed by atoms with Crippen molar-refractivity contribution in [3.63, 3.8) is 0 Å². The van der Waals surface area contributed by atoms with Crippen LogP contribution in [0.5, 0.6) is 0 Å². The third-order valence-electron chi connectivity index (χ3n) is 1.77. The summed E-state index contributed by atoms with van der Waals surface area (Å²) in [5, 5.41) is 0. The fourth-order valence-electron chi connectivity index (χ4n) is 1.09. The van der Waals surface area contributed by atoms with E-state index in [0.29, 0.717) is 6.10 Å². The quantitative estimate of drug-likeness (QED) is 0.489. The summed E-state index contributed by atoms with van der Waals surface area (Å²) in [6, 6.07) is 0. The van der Waals surface area contributed by atoms with Gasteiger partial charge in [0.1, 0.15) is 0 Å². The Balaban J connectivity index is 2.39. The molecule has 1 heteroatoms. The van der Waals surface area contributed by atoms with E-state index in [1.807, 2.05) is 0 Å². The molecule has 0 aromatic carbocycles. The molecule has 0 unspecified atom stereocenters.